The first-order valence-corrected chi connectivity index (χ1v) is 8.60. The number of benzene rings is 1. The lowest BCUT2D eigenvalue weighted by Crippen LogP contribution is -2.44. The summed E-state index contributed by atoms with van der Waals surface area (Å²) in [6.45, 7) is 2.37. The summed E-state index contributed by atoms with van der Waals surface area (Å²) < 4.78 is 0. The molecule has 25 heavy (non-hydrogen) atoms. The van der Waals surface area contributed by atoms with E-state index in [1.807, 2.05) is 12.1 Å². The molecule has 0 atom stereocenters. The van der Waals surface area contributed by atoms with E-state index in [9.17, 15) is 9.59 Å². The highest BCUT2D eigenvalue weighted by Crippen LogP contribution is 2.23. The van der Waals surface area contributed by atoms with Gasteiger partial charge in [0.2, 0.25) is 5.91 Å². The van der Waals surface area contributed by atoms with Crippen LogP contribution >= 0.6 is 11.6 Å². The molecule has 2 aromatic rings. The van der Waals surface area contributed by atoms with E-state index in [0.717, 1.165) is 23.5 Å². The molecule has 2 aliphatic rings. The van der Waals surface area contributed by atoms with Crippen molar-refractivity contribution in [2.24, 2.45) is 0 Å². The summed E-state index contributed by atoms with van der Waals surface area (Å²) >= 11 is 5.89. The molecule has 1 aromatic heterocycles. The molecular formula is C17H18ClN5O2. The summed E-state index contributed by atoms with van der Waals surface area (Å²) in [7, 11) is 0. The first kappa shape index (κ1) is 16.0. The van der Waals surface area contributed by atoms with Gasteiger partial charge in [-0.25, -0.2) is 9.78 Å². The van der Waals surface area contributed by atoms with Crippen LogP contribution < -0.4 is 4.90 Å². The number of H-pyrrole nitrogens is 1. The van der Waals surface area contributed by atoms with Gasteiger partial charge in [0.05, 0.1) is 24.3 Å². The van der Waals surface area contributed by atoms with E-state index < -0.39 is 0 Å². The predicted octanol–water partition coefficient (Wildman–Crippen LogP) is 1.89. The molecule has 130 valence electrons. The van der Waals surface area contributed by atoms with E-state index >= 15 is 0 Å². The number of imidazole rings is 1. The van der Waals surface area contributed by atoms with Gasteiger partial charge in [-0.1, -0.05) is 11.6 Å². The lowest BCUT2D eigenvalue weighted by molar-refractivity contribution is -0.132. The van der Waals surface area contributed by atoms with Crippen LogP contribution in [0.2, 0.25) is 5.02 Å². The van der Waals surface area contributed by atoms with Crippen molar-refractivity contribution in [1.82, 2.24) is 19.8 Å². The molecule has 2 aliphatic heterocycles. The summed E-state index contributed by atoms with van der Waals surface area (Å²) in [5.74, 6) is -0.0356. The summed E-state index contributed by atoms with van der Waals surface area (Å²) in [6, 6.07) is 7.00. The van der Waals surface area contributed by atoms with Crippen LogP contribution in [0.1, 0.15) is 11.4 Å². The number of aromatic amines is 1. The lowest BCUT2D eigenvalue weighted by atomic mass is 10.1. The average Bonchev–Trinajstić information content (AvgIpc) is 3.22. The SMILES string of the molecule is O=C(CN1CCN(c2ccc(Cl)cc2)C1=O)N1CCc2nc[nH]c2C1. The zero-order valence-electron chi connectivity index (χ0n) is 13.6. The van der Waals surface area contributed by atoms with E-state index in [1.54, 1.807) is 33.2 Å². The third-order valence-corrected chi connectivity index (χ3v) is 4.94. The highest BCUT2D eigenvalue weighted by Gasteiger charge is 2.32. The Morgan fingerprint density at radius 2 is 2.00 bits per heavy atom. The Bertz CT molecular complexity index is 804. The number of urea groups is 1. The number of rotatable bonds is 3. The smallest absolute Gasteiger partial charge is 0.325 e. The van der Waals surface area contributed by atoms with E-state index in [-0.39, 0.29) is 18.5 Å². The topological polar surface area (TPSA) is 72.5 Å². The first-order chi connectivity index (χ1) is 12.1. The summed E-state index contributed by atoms with van der Waals surface area (Å²) in [6.07, 6.45) is 2.40. The molecule has 1 N–H and O–H groups in total. The van der Waals surface area contributed by atoms with Gasteiger partial charge >= 0.3 is 6.03 Å². The Labute approximate surface area is 150 Å². The molecule has 0 bridgehead atoms. The predicted molar refractivity (Wildman–Crippen MR) is 93.5 cm³/mol. The number of hydrogen-bond acceptors (Lipinski definition) is 3. The molecule has 3 amide bonds. The molecule has 0 unspecified atom stereocenters. The molecule has 0 aliphatic carbocycles. The number of aromatic nitrogens is 2. The van der Waals surface area contributed by atoms with Crippen molar-refractivity contribution in [3.05, 3.63) is 47.0 Å². The third-order valence-electron chi connectivity index (χ3n) is 4.69. The van der Waals surface area contributed by atoms with Crippen LogP contribution in [0.3, 0.4) is 0 Å². The number of carbonyl (C=O) groups excluding carboxylic acids is 2. The minimum Gasteiger partial charge on any atom is -0.347 e. The average molecular weight is 360 g/mol. The van der Waals surface area contributed by atoms with Crippen LogP contribution in [0.25, 0.3) is 0 Å². The van der Waals surface area contributed by atoms with Crippen LogP contribution in [-0.2, 0) is 17.8 Å². The molecule has 0 spiro atoms. The molecule has 7 nitrogen and oxygen atoms in total. The van der Waals surface area contributed by atoms with Crippen molar-refractivity contribution in [1.29, 1.82) is 0 Å². The minimum absolute atomic E-state index is 0.0356. The highest BCUT2D eigenvalue weighted by atomic mass is 35.5. The van der Waals surface area contributed by atoms with Crippen molar-refractivity contribution in [2.75, 3.05) is 31.1 Å². The Morgan fingerprint density at radius 3 is 2.80 bits per heavy atom. The van der Waals surface area contributed by atoms with Gasteiger partial charge in [0.15, 0.2) is 0 Å². The maximum atomic E-state index is 12.6. The van der Waals surface area contributed by atoms with Gasteiger partial charge in [-0.2, -0.15) is 0 Å². The number of amides is 3. The van der Waals surface area contributed by atoms with E-state index in [0.29, 0.717) is 31.2 Å². The van der Waals surface area contributed by atoms with Crippen LogP contribution in [0, 0.1) is 0 Å². The van der Waals surface area contributed by atoms with Gasteiger partial charge in [-0.15, -0.1) is 0 Å². The quantitative estimate of drug-likeness (QED) is 0.909. The molecule has 1 saturated heterocycles. The van der Waals surface area contributed by atoms with Gasteiger partial charge in [0, 0.05) is 36.8 Å². The number of carbonyl (C=O) groups is 2. The van der Waals surface area contributed by atoms with Crippen molar-refractivity contribution >= 4 is 29.2 Å². The van der Waals surface area contributed by atoms with E-state index in [4.69, 9.17) is 11.6 Å². The summed E-state index contributed by atoms with van der Waals surface area (Å²) in [5.41, 5.74) is 2.80. The number of anilines is 1. The molecule has 4 rings (SSSR count). The molecule has 1 aromatic carbocycles. The third kappa shape index (κ3) is 3.07. The Kier molecular flexibility index (Phi) is 4.09. The molecular weight excluding hydrogens is 342 g/mol. The Hall–Kier alpha value is -2.54. The molecule has 0 saturated carbocycles. The van der Waals surface area contributed by atoms with Gasteiger partial charge in [-0.05, 0) is 24.3 Å². The number of fused-ring (bicyclic) bond motifs is 1. The monoisotopic (exact) mass is 359 g/mol. The fraction of sp³-hybridized carbons (Fsp3) is 0.353. The Balaban J connectivity index is 1.39. The number of nitrogens with zero attached hydrogens (tertiary/aromatic N) is 4. The fourth-order valence-electron chi connectivity index (χ4n) is 3.28. The van der Waals surface area contributed by atoms with Gasteiger partial charge in [-0.3, -0.25) is 9.69 Å². The van der Waals surface area contributed by atoms with Gasteiger partial charge in [0.1, 0.15) is 6.54 Å². The van der Waals surface area contributed by atoms with Crippen LogP contribution in [-0.4, -0.2) is 57.9 Å². The van der Waals surface area contributed by atoms with Crippen LogP contribution in [0.5, 0.6) is 0 Å². The van der Waals surface area contributed by atoms with E-state index in [1.165, 1.54) is 0 Å². The first-order valence-electron chi connectivity index (χ1n) is 8.23. The van der Waals surface area contributed by atoms with Crippen molar-refractivity contribution in [2.45, 2.75) is 13.0 Å². The van der Waals surface area contributed by atoms with Gasteiger partial charge < -0.3 is 14.8 Å². The fourth-order valence-corrected chi connectivity index (χ4v) is 3.40. The molecule has 3 heterocycles. The largest absolute Gasteiger partial charge is 0.347 e. The maximum absolute atomic E-state index is 12.6. The molecule has 1 fully saturated rings. The summed E-state index contributed by atoms with van der Waals surface area (Å²) in [4.78, 5) is 37.5. The second kappa shape index (κ2) is 6.40. The van der Waals surface area contributed by atoms with Gasteiger partial charge in [0.25, 0.3) is 0 Å². The molecule has 0 radical (unpaired) electrons. The van der Waals surface area contributed by atoms with Crippen molar-refractivity contribution in [3.8, 4) is 0 Å². The second-order valence-electron chi connectivity index (χ2n) is 6.23. The highest BCUT2D eigenvalue weighted by molar-refractivity contribution is 6.30. The zero-order chi connectivity index (χ0) is 17.4. The Morgan fingerprint density at radius 1 is 1.20 bits per heavy atom. The standard InChI is InChI=1S/C17H18ClN5O2/c18-12-1-3-13(4-2-12)23-8-7-22(17(23)25)10-16(24)21-6-5-14-15(9-21)20-11-19-14/h1-4,11H,5-10H2,(H,19,20). The number of nitrogens with one attached hydrogen (secondary N) is 1. The van der Waals surface area contributed by atoms with Crippen molar-refractivity contribution in [3.63, 3.8) is 0 Å². The number of halogens is 1. The molecule has 8 heteroatoms. The second-order valence-corrected chi connectivity index (χ2v) is 6.66. The zero-order valence-corrected chi connectivity index (χ0v) is 14.4. The summed E-state index contributed by atoms with van der Waals surface area (Å²) in [5, 5.41) is 0.630. The van der Waals surface area contributed by atoms with Crippen LogP contribution in [0.4, 0.5) is 10.5 Å². The van der Waals surface area contributed by atoms with Crippen LogP contribution in [0.15, 0.2) is 30.6 Å². The minimum atomic E-state index is -0.144. The van der Waals surface area contributed by atoms with Crippen molar-refractivity contribution < 1.29 is 9.59 Å². The number of hydrogen-bond donors (Lipinski definition) is 1. The maximum Gasteiger partial charge on any atom is 0.325 e. The normalized spacial score (nSPS) is 17.2. The lowest BCUT2D eigenvalue weighted by Gasteiger charge is -2.28. The van der Waals surface area contributed by atoms with E-state index in [2.05, 4.69) is 9.97 Å².